The number of rotatable bonds is 3. The highest BCUT2D eigenvalue weighted by molar-refractivity contribution is 5.86. The van der Waals surface area contributed by atoms with E-state index in [4.69, 9.17) is 0 Å². The van der Waals surface area contributed by atoms with Crippen LogP contribution in [0.1, 0.15) is 24.3 Å². The highest BCUT2D eigenvalue weighted by atomic mass is 19.1. The fourth-order valence-electron chi connectivity index (χ4n) is 2.52. The van der Waals surface area contributed by atoms with Crippen molar-refractivity contribution in [2.45, 2.75) is 19.6 Å². The molecule has 0 aliphatic heterocycles. The summed E-state index contributed by atoms with van der Waals surface area (Å²) in [6.45, 7) is 2.64. The lowest BCUT2D eigenvalue weighted by Crippen LogP contribution is -2.09. The van der Waals surface area contributed by atoms with Crippen LogP contribution < -0.4 is 0 Å². The monoisotopic (exact) mass is 270 g/mol. The first kappa shape index (κ1) is 12.8. The number of aromatic nitrogens is 2. The Kier molecular flexibility index (Phi) is 3.24. The van der Waals surface area contributed by atoms with Crippen LogP contribution in [0.15, 0.2) is 48.7 Å². The maximum Gasteiger partial charge on any atom is 0.131 e. The van der Waals surface area contributed by atoms with Gasteiger partial charge in [-0.1, -0.05) is 30.3 Å². The summed E-state index contributed by atoms with van der Waals surface area (Å²) in [6.07, 6.45) is 0.844. The largest absolute Gasteiger partial charge is 0.382 e. The summed E-state index contributed by atoms with van der Waals surface area (Å²) >= 11 is 0. The average molecular weight is 270 g/mol. The molecule has 0 aliphatic rings. The molecule has 2 aromatic carbocycles. The molecule has 0 amide bonds. The number of hydrogen-bond donors (Lipinski definition) is 1. The molecule has 4 heteroatoms. The highest BCUT2D eigenvalue weighted by Crippen LogP contribution is 2.30. The van der Waals surface area contributed by atoms with Gasteiger partial charge in [-0.25, -0.2) is 4.39 Å². The minimum atomic E-state index is -0.817. The normalized spacial score (nSPS) is 12.8. The molecule has 0 fully saturated rings. The summed E-state index contributed by atoms with van der Waals surface area (Å²) < 4.78 is 15.6. The van der Waals surface area contributed by atoms with Crippen molar-refractivity contribution < 1.29 is 9.50 Å². The van der Waals surface area contributed by atoms with Crippen LogP contribution in [0.4, 0.5) is 4.39 Å². The van der Waals surface area contributed by atoms with Gasteiger partial charge < -0.3 is 5.11 Å². The van der Waals surface area contributed by atoms with Crippen molar-refractivity contribution in [3.8, 4) is 0 Å². The molecule has 1 heterocycles. The smallest absolute Gasteiger partial charge is 0.131 e. The molecule has 3 rings (SSSR count). The standard InChI is InChI=1S/C16H15FN2O/c1-2-19-15(9-10-18-19)16(20)13-7-8-14(17)12-6-4-3-5-11(12)13/h3-10,16,20H,2H2,1H3. The minimum absolute atomic E-state index is 0.277. The second-order valence-electron chi connectivity index (χ2n) is 4.66. The number of hydrogen-bond acceptors (Lipinski definition) is 2. The molecular formula is C16H15FN2O. The van der Waals surface area contributed by atoms with Gasteiger partial charge in [0, 0.05) is 18.1 Å². The van der Waals surface area contributed by atoms with Gasteiger partial charge in [0.1, 0.15) is 11.9 Å². The Hall–Kier alpha value is -2.20. The Morgan fingerprint density at radius 1 is 1.15 bits per heavy atom. The third-order valence-corrected chi connectivity index (χ3v) is 3.53. The Labute approximate surface area is 116 Å². The second kappa shape index (κ2) is 5.06. The van der Waals surface area contributed by atoms with E-state index >= 15 is 0 Å². The molecular weight excluding hydrogens is 255 g/mol. The van der Waals surface area contributed by atoms with Crippen molar-refractivity contribution in [3.63, 3.8) is 0 Å². The molecule has 102 valence electrons. The number of halogens is 1. The number of benzene rings is 2. The number of aliphatic hydroxyl groups excluding tert-OH is 1. The van der Waals surface area contributed by atoms with Crippen LogP contribution in [0.25, 0.3) is 10.8 Å². The number of aliphatic hydroxyl groups is 1. The van der Waals surface area contributed by atoms with Crippen LogP contribution in [0.5, 0.6) is 0 Å². The Morgan fingerprint density at radius 3 is 2.65 bits per heavy atom. The molecule has 0 aliphatic carbocycles. The van der Waals surface area contributed by atoms with Gasteiger partial charge in [0.25, 0.3) is 0 Å². The quantitative estimate of drug-likeness (QED) is 0.793. The van der Waals surface area contributed by atoms with E-state index in [1.54, 1.807) is 35.1 Å². The summed E-state index contributed by atoms with van der Waals surface area (Å²) in [5.41, 5.74) is 1.40. The summed E-state index contributed by atoms with van der Waals surface area (Å²) in [7, 11) is 0. The van der Waals surface area contributed by atoms with Crippen molar-refractivity contribution >= 4 is 10.8 Å². The lowest BCUT2D eigenvalue weighted by atomic mass is 9.98. The van der Waals surface area contributed by atoms with E-state index in [0.29, 0.717) is 23.2 Å². The molecule has 0 saturated heterocycles. The van der Waals surface area contributed by atoms with Gasteiger partial charge in [-0.05, 0) is 30.0 Å². The Balaban J connectivity index is 2.17. The molecule has 0 saturated carbocycles. The summed E-state index contributed by atoms with van der Waals surface area (Å²) in [6, 6.07) is 12.0. The van der Waals surface area contributed by atoms with Crippen LogP contribution in [0.2, 0.25) is 0 Å². The van der Waals surface area contributed by atoms with E-state index < -0.39 is 6.10 Å². The third-order valence-electron chi connectivity index (χ3n) is 3.53. The first-order valence-electron chi connectivity index (χ1n) is 6.59. The Morgan fingerprint density at radius 2 is 1.90 bits per heavy atom. The van der Waals surface area contributed by atoms with E-state index in [0.717, 1.165) is 5.39 Å². The molecule has 1 atom stereocenters. The number of nitrogens with zero attached hydrogens (tertiary/aromatic N) is 2. The van der Waals surface area contributed by atoms with Crippen molar-refractivity contribution in [1.29, 1.82) is 0 Å². The molecule has 0 bridgehead atoms. The molecule has 0 radical (unpaired) electrons. The van der Waals surface area contributed by atoms with E-state index in [1.165, 1.54) is 6.07 Å². The van der Waals surface area contributed by atoms with Gasteiger partial charge in [-0.15, -0.1) is 0 Å². The highest BCUT2D eigenvalue weighted by Gasteiger charge is 2.18. The zero-order chi connectivity index (χ0) is 14.1. The fraction of sp³-hybridized carbons (Fsp3) is 0.188. The fourth-order valence-corrected chi connectivity index (χ4v) is 2.52. The van der Waals surface area contributed by atoms with Crippen molar-refractivity contribution in [1.82, 2.24) is 9.78 Å². The van der Waals surface area contributed by atoms with Crippen LogP contribution in [0.3, 0.4) is 0 Å². The zero-order valence-corrected chi connectivity index (χ0v) is 11.1. The minimum Gasteiger partial charge on any atom is -0.382 e. The van der Waals surface area contributed by atoms with Crippen molar-refractivity contribution in [2.24, 2.45) is 0 Å². The first-order chi connectivity index (χ1) is 9.72. The summed E-state index contributed by atoms with van der Waals surface area (Å²) in [4.78, 5) is 0. The molecule has 1 unspecified atom stereocenters. The lowest BCUT2D eigenvalue weighted by Gasteiger charge is -2.15. The van der Waals surface area contributed by atoms with E-state index in [-0.39, 0.29) is 5.82 Å². The summed E-state index contributed by atoms with van der Waals surface area (Å²) in [5, 5.41) is 16.0. The van der Waals surface area contributed by atoms with E-state index in [1.807, 2.05) is 19.1 Å². The number of fused-ring (bicyclic) bond motifs is 1. The third kappa shape index (κ3) is 1.98. The SMILES string of the molecule is CCn1nccc1C(O)c1ccc(F)c2ccccc12. The molecule has 3 nitrogen and oxygen atoms in total. The van der Waals surface area contributed by atoms with E-state index in [9.17, 15) is 9.50 Å². The van der Waals surface area contributed by atoms with Crippen molar-refractivity contribution in [3.05, 3.63) is 65.7 Å². The zero-order valence-electron chi connectivity index (χ0n) is 11.1. The molecule has 20 heavy (non-hydrogen) atoms. The van der Waals surface area contributed by atoms with Crippen LogP contribution >= 0.6 is 0 Å². The van der Waals surface area contributed by atoms with Gasteiger partial charge >= 0.3 is 0 Å². The van der Waals surface area contributed by atoms with Crippen LogP contribution in [-0.2, 0) is 6.54 Å². The predicted molar refractivity (Wildman–Crippen MR) is 75.9 cm³/mol. The average Bonchev–Trinajstić information content (AvgIpc) is 2.96. The van der Waals surface area contributed by atoms with Crippen LogP contribution in [-0.4, -0.2) is 14.9 Å². The summed E-state index contributed by atoms with van der Waals surface area (Å²) in [5.74, 6) is -0.277. The van der Waals surface area contributed by atoms with Gasteiger partial charge in [0.2, 0.25) is 0 Å². The lowest BCUT2D eigenvalue weighted by molar-refractivity contribution is 0.209. The molecule has 3 aromatic rings. The van der Waals surface area contributed by atoms with Gasteiger partial charge in [-0.3, -0.25) is 4.68 Å². The molecule has 1 N–H and O–H groups in total. The predicted octanol–water partition coefficient (Wildman–Crippen LogP) is 3.28. The molecule has 0 spiro atoms. The van der Waals surface area contributed by atoms with Crippen LogP contribution in [0, 0.1) is 5.82 Å². The Bertz CT molecular complexity index is 751. The first-order valence-corrected chi connectivity index (χ1v) is 6.59. The second-order valence-corrected chi connectivity index (χ2v) is 4.66. The number of aryl methyl sites for hydroxylation is 1. The van der Waals surface area contributed by atoms with Gasteiger partial charge in [0.15, 0.2) is 0 Å². The van der Waals surface area contributed by atoms with Gasteiger partial charge in [0.05, 0.1) is 5.69 Å². The molecule has 1 aromatic heterocycles. The van der Waals surface area contributed by atoms with Crippen molar-refractivity contribution in [2.75, 3.05) is 0 Å². The maximum atomic E-state index is 13.8. The maximum absolute atomic E-state index is 13.8. The topological polar surface area (TPSA) is 38.0 Å². The van der Waals surface area contributed by atoms with Gasteiger partial charge in [-0.2, -0.15) is 5.10 Å². The van der Waals surface area contributed by atoms with E-state index in [2.05, 4.69) is 5.10 Å².